The molecule has 0 heterocycles. The van der Waals surface area contributed by atoms with Crippen molar-refractivity contribution in [2.45, 2.75) is 4.90 Å². The van der Waals surface area contributed by atoms with Crippen LogP contribution in [-0.4, -0.2) is 16.8 Å². The van der Waals surface area contributed by atoms with E-state index in [0.717, 1.165) is 0 Å². The lowest BCUT2D eigenvalue weighted by Crippen LogP contribution is -2.13. The molecular formula is C16H13ClN2O4S2. The minimum atomic E-state index is -3.89. The van der Waals surface area contributed by atoms with Gasteiger partial charge in [0, 0.05) is 10.8 Å². The topological polar surface area (TPSA) is 92.3 Å². The lowest BCUT2D eigenvalue weighted by atomic mass is 10.1. The van der Waals surface area contributed by atoms with Gasteiger partial charge < -0.3 is 0 Å². The van der Waals surface area contributed by atoms with Crippen molar-refractivity contribution < 1.29 is 16.8 Å². The van der Waals surface area contributed by atoms with Crippen LogP contribution in [0.5, 0.6) is 0 Å². The molecule has 9 heteroatoms. The van der Waals surface area contributed by atoms with Crippen LogP contribution in [0.3, 0.4) is 0 Å². The fraction of sp³-hybridized carbons (Fsp3) is 0. The molecule has 0 atom stereocenters. The van der Waals surface area contributed by atoms with Crippen LogP contribution in [0.25, 0.3) is 10.8 Å². The number of anilines is 2. The first-order valence-electron chi connectivity index (χ1n) is 7.08. The van der Waals surface area contributed by atoms with Crippen LogP contribution >= 0.6 is 11.6 Å². The smallest absolute Gasteiger partial charge is 0.263 e. The van der Waals surface area contributed by atoms with Crippen molar-refractivity contribution in [1.29, 1.82) is 0 Å². The summed E-state index contributed by atoms with van der Waals surface area (Å²) in [4.78, 5) is -0.0365. The zero-order valence-electron chi connectivity index (χ0n) is 12.6. The van der Waals surface area contributed by atoms with Crippen molar-refractivity contribution in [2.24, 2.45) is 0 Å². The van der Waals surface area contributed by atoms with E-state index in [2.05, 4.69) is 9.44 Å². The molecule has 130 valence electrons. The van der Waals surface area contributed by atoms with Gasteiger partial charge in [0.1, 0.15) is 4.90 Å². The molecule has 0 radical (unpaired) electrons. The Hall–Kier alpha value is -2.29. The lowest BCUT2D eigenvalue weighted by molar-refractivity contribution is 0.601. The predicted molar refractivity (Wildman–Crippen MR) is 100 cm³/mol. The second kappa shape index (κ2) is 6.91. The first-order valence-corrected chi connectivity index (χ1v) is 10.1. The Balaban J connectivity index is 2.10. The molecule has 0 saturated carbocycles. The SMILES string of the molecule is O=[SH](=O)Nc1ccc(NS(=O)(=O)c2ccccc2Cl)c2ccccc12. The summed E-state index contributed by atoms with van der Waals surface area (Å²) >= 11 is 5.98. The summed E-state index contributed by atoms with van der Waals surface area (Å²) in [7, 11) is -6.73. The van der Waals surface area contributed by atoms with Crippen LogP contribution in [0, 0.1) is 0 Å². The normalized spacial score (nSPS) is 11.6. The summed E-state index contributed by atoms with van der Waals surface area (Å²) in [5, 5.41) is 1.24. The summed E-state index contributed by atoms with van der Waals surface area (Å²) in [6.45, 7) is 0. The predicted octanol–water partition coefficient (Wildman–Crippen LogP) is 3.23. The molecule has 3 rings (SSSR count). The summed E-state index contributed by atoms with van der Waals surface area (Å²) in [6, 6.07) is 16.0. The number of sulfonamides is 1. The Morgan fingerprint density at radius 2 is 1.36 bits per heavy atom. The highest BCUT2D eigenvalue weighted by atomic mass is 35.5. The molecular weight excluding hydrogens is 384 g/mol. The Bertz CT molecular complexity index is 1120. The van der Waals surface area contributed by atoms with E-state index in [-0.39, 0.29) is 9.92 Å². The molecule has 0 aliphatic carbocycles. The van der Waals surface area contributed by atoms with Gasteiger partial charge in [0.15, 0.2) is 0 Å². The zero-order chi connectivity index (χ0) is 18.0. The molecule has 0 aliphatic rings. The van der Waals surface area contributed by atoms with Gasteiger partial charge in [0.2, 0.25) is 10.9 Å². The maximum absolute atomic E-state index is 12.6. The van der Waals surface area contributed by atoms with Crippen LogP contribution in [-0.2, 0) is 20.9 Å². The quantitative estimate of drug-likeness (QED) is 0.577. The maximum Gasteiger partial charge on any atom is 0.263 e. The molecule has 3 aromatic carbocycles. The van der Waals surface area contributed by atoms with Gasteiger partial charge in [0.05, 0.1) is 16.4 Å². The summed E-state index contributed by atoms with van der Waals surface area (Å²) < 4.78 is 52.0. The fourth-order valence-electron chi connectivity index (χ4n) is 2.45. The highest BCUT2D eigenvalue weighted by Gasteiger charge is 2.19. The molecule has 6 nitrogen and oxygen atoms in total. The van der Waals surface area contributed by atoms with E-state index >= 15 is 0 Å². The first kappa shape index (κ1) is 17.5. The maximum atomic E-state index is 12.6. The van der Waals surface area contributed by atoms with E-state index in [1.807, 2.05) is 0 Å². The number of benzene rings is 3. The van der Waals surface area contributed by atoms with Crippen LogP contribution in [0.15, 0.2) is 65.6 Å². The molecule has 0 bridgehead atoms. The van der Waals surface area contributed by atoms with Crippen LogP contribution in [0.2, 0.25) is 5.02 Å². The molecule has 0 saturated heterocycles. The molecule has 0 unspecified atom stereocenters. The largest absolute Gasteiger partial charge is 0.285 e. The summed E-state index contributed by atoms with van der Waals surface area (Å²) in [6.07, 6.45) is 0. The molecule has 0 aliphatic heterocycles. The second-order valence-electron chi connectivity index (χ2n) is 5.11. The first-order chi connectivity index (χ1) is 11.9. The van der Waals surface area contributed by atoms with E-state index in [4.69, 9.17) is 11.6 Å². The summed E-state index contributed by atoms with van der Waals surface area (Å²) in [5.74, 6) is 0. The minimum Gasteiger partial charge on any atom is -0.285 e. The Labute approximate surface area is 151 Å². The lowest BCUT2D eigenvalue weighted by Gasteiger charge is -2.13. The van der Waals surface area contributed by atoms with E-state index in [1.54, 1.807) is 36.4 Å². The van der Waals surface area contributed by atoms with Gasteiger partial charge in [-0.15, -0.1) is 0 Å². The van der Waals surface area contributed by atoms with Crippen molar-refractivity contribution in [1.82, 2.24) is 0 Å². The highest BCUT2D eigenvalue weighted by molar-refractivity contribution is 7.92. The third kappa shape index (κ3) is 3.71. The molecule has 2 N–H and O–H groups in total. The monoisotopic (exact) mass is 396 g/mol. The third-order valence-corrected chi connectivity index (χ3v) is 5.80. The molecule has 0 aromatic heterocycles. The second-order valence-corrected chi connectivity index (χ2v) is 7.91. The van der Waals surface area contributed by atoms with Gasteiger partial charge in [-0.05, 0) is 24.3 Å². The number of rotatable bonds is 5. The average molecular weight is 397 g/mol. The van der Waals surface area contributed by atoms with E-state index < -0.39 is 20.9 Å². The zero-order valence-corrected chi connectivity index (χ0v) is 15.1. The van der Waals surface area contributed by atoms with Crippen molar-refractivity contribution >= 4 is 54.7 Å². The Morgan fingerprint density at radius 3 is 2.00 bits per heavy atom. The van der Waals surface area contributed by atoms with Gasteiger partial charge >= 0.3 is 0 Å². The van der Waals surface area contributed by atoms with Crippen LogP contribution in [0.1, 0.15) is 0 Å². The standard InChI is InChI=1S/C16H13ClN2O4S2/c17-13-7-3-4-8-16(13)25(22,23)19-15-10-9-14(18-24(20)21)11-5-1-2-6-12(11)15/h1-10,19,24H,(H,18,20,21). The number of hydrogen-bond donors (Lipinski definition) is 3. The van der Waals surface area contributed by atoms with Gasteiger partial charge in [0.25, 0.3) is 10.0 Å². The van der Waals surface area contributed by atoms with Crippen LogP contribution < -0.4 is 9.44 Å². The molecule has 3 aromatic rings. The molecule has 0 spiro atoms. The van der Waals surface area contributed by atoms with Crippen LogP contribution in [0.4, 0.5) is 11.4 Å². The van der Waals surface area contributed by atoms with Crippen molar-refractivity contribution in [3.8, 4) is 0 Å². The van der Waals surface area contributed by atoms with E-state index in [0.29, 0.717) is 22.1 Å². The van der Waals surface area contributed by atoms with Crippen molar-refractivity contribution in [3.05, 3.63) is 65.7 Å². The Kier molecular flexibility index (Phi) is 4.85. The number of halogens is 1. The minimum absolute atomic E-state index is 0.0365. The molecule has 0 amide bonds. The number of nitrogens with one attached hydrogen (secondary N) is 2. The summed E-state index contributed by atoms with van der Waals surface area (Å²) in [5.41, 5.74) is 0.689. The number of fused-ring (bicyclic) bond motifs is 1. The fourth-order valence-corrected chi connectivity index (χ4v) is 4.44. The van der Waals surface area contributed by atoms with Gasteiger partial charge in [-0.3, -0.25) is 9.44 Å². The molecule has 25 heavy (non-hydrogen) atoms. The molecule has 0 fully saturated rings. The average Bonchev–Trinajstić information content (AvgIpc) is 2.57. The number of hydrogen-bond acceptors (Lipinski definition) is 4. The third-order valence-electron chi connectivity index (χ3n) is 3.51. The highest BCUT2D eigenvalue weighted by Crippen LogP contribution is 2.32. The Morgan fingerprint density at radius 1 is 0.800 bits per heavy atom. The van der Waals surface area contributed by atoms with E-state index in [9.17, 15) is 16.8 Å². The van der Waals surface area contributed by atoms with Gasteiger partial charge in [-0.2, -0.15) is 0 Å². The van der Waals surface area contributed by atoms with Gasteiger partial charge in [-0.25, -0.2) is 16.8 Å². The van der Waals surface area contributed by atoms with E-state index in [1.165, 1.54) is 24.3 Å². The van der Waals surface area contributed by atoms with Crippen molar-refractivity contribution in [2.75, 3.05) is 9.44 Å². The number of thiol groups is 1. The van der Waals surface area contributed by atoms with Gasteiger partial charge in [-0.1, -0.05) is 48.0 Å². The van der Waals surface area contributed by atoms with Crippen molar-refractivity contribution in [3.63, 3.8) is 0 Å².